The van der Waals surface area contributed by atoms with Gasteiger partial charge in [0.1, 0.15) is 11.2 Å². The molecule has 4 heterocycles. The molecular weight excluding hydrogens is 350 g/mol. The molecule has 5 nitrogen and oxygen atoms in total. The van der Waals surface area contributed by atoms with E-state index < -0.39 is 11.4 Å². The monoisotopic (exact) mass is 371 g/mol. The summed E-state index contributed by atoms with van der Waals surface area (Å²) in [5, 5.41) is 2.27. The van der Waals surface area contributed by atoms with Crippen LogP contribution in [-0.2, 0) is 19.0 Å². The van der Waals surface area contributed by atoms with Gasteiger partial charge in [-0.1, -0.05) is 18.2 Å². The topological polar surface area (TPSA) is 60.6 Å². The van der Waals surface area contributed by atoms with E-state index in [0.717, 1.165) is 27.2 Å². The molecule has 6 heteroatoms. The number of aromatic nitrogens is 1. The number of thioether (sulfide) groups is 1. The predicted molar refractivity (Wildman–Crippen MR) is 98.7 cm³/mol. The van der Waals surface area contributed by atoms with Gasteiger partial charge < -0.3 is 19.2 Å². The Hall–Kier alpha value is -2.08. The molecule has 3 aliphatic heterocycles. The fraction of sp³-hybridized carbons (Fsp3) is 0.450. The molecule has 3 aliphatic rings. The van der Waals surface area contributed by atoms with Crippen molar-refractivity contribution in [3.05, 3.63) is 41.3 Å². The third kappa shape index (κ3) is 2.14. The maximum absolute atomic E-state index is 12.9. The minimum atomic E-state index is -1.02. The number of hydrogen-bond donors (Lipinski definition) is 1. The number of para-hydroxylation sites is 1. The molecule has 26 heavy (non-hydrogen) atoms. The number of cyclic esters (lactones) is 1. The van der Waals surface area contributed by atoms with Crippen LogP contribution >= 0.6 is 11.8 Å². The number of ether oxygens (including phenoxy) is 3. The van der Waals surface area contributed by atoms with E-state index in [9.17, 15) is 4.79 Å². The lowest BCUT2D eigenvalue weighted by molar-refractivity contribution is -0.246. The number of carbonyl (C=O) groups excluding carboxylic acids is 1. The van der Waals surface area contributed by atoms with E-state index in [1.165, 1.54) is 0 Å². The van der Waals surface area contributed by atoms with Crippen molar-refractivity contribution in [3.63, 3.8) is 0 Å². The number of nitrogens with one attached hydrogen (secondary N) is 1. The summed E-state index contributed by atoms with van der Waals surface area (Å²) in [5.41, 5.74) is 2.31. The van der Waals surface area contributed by atoms with E-state index in [1.54, 1.807) is 25.6 Å². The molecule has 136 valence electrons. The van der Waals surface area contributed by atoms with Crippen molar-refractivity contribution in [2.24, 2.45) is 5.92 Å². The van der Waals surface area contributed by atoms with Crippen molar-refractivity contribution in [1.82, 2.24) is 4.98 Å². The molecule has 1 aromatic heterocycles. The second-order valence-corrected chi connectivity index (χ2v) is 9.14. The molecule has 0 fully saturated rings. The Balaban J connectivity index is 1.78. The number of rotatable bonds is 0. The third-order valence-electron chi connectivity index (χ3n) is 5.51. The zero-order valence-electron chi connectivity index (χ0n) is 15.2. The van der Waals surface area contributed by atoms with Crippen LogP contribution in [0.3, 0.4) is 0 Å². The normalized spacial score (nSPS) is 28.4. The summed E-state index contributed by atoms with van der Waals surface area (Å²) >= 11 is 1.79. The van der Waals surface area contributed by atoms with E-state index in [2.05, 4.69) is 31.0 Å². The van der Waals surface area contributed by atoms with Crippen LogP contribution in [0.25, 0.3) is 10.9 Å². The molecule has 0 spiro atoms. The Kier molecular flexibility index (Phi) is 3.10. The van der Waals surface area contributed by atoms with Crippen LogP contribution in [0.1, 0.15) is 39.2 Å². The molecular formula is C20H21NO4S. The zero-order valence-corrected chi connectivity index (χ0v) is 16.0. The SMILES string of the molecule is CC1(C)OC(=O)C2=C(O1)OC(C)(C)C1CSc3[nH]c4ccccc4c3C21. The summed E-state index contributed by atoms with van der Waals surface area (Å²) in [5.74, 6) is -0.137. The van der Waals surface area contributed by atoms with Crippen molar-refractivity contribution >= 4 is 28.6 Å². The minimum Gasteiger partial charge on any atom is -0.459 e. The molecule has 5 rings (SSSR count). The lowest BCUT2D eigenvalue weighted by Gasteiger charge is -2.49. The molecule has 1 aromatic carbocycles. The largest absolute Gasteiger partial charge is 0.459 e. The highest BCUT2D eigenvalue weighted by Gasteiger charge is 2.55. The van der Waals surface area contributed by atoms with Crippen molar-refractivity contribution in [1.29, 1.82) is 0 Å². The number of aromatic amines is 1. The van der Waals surface area contributed by atoms with Gasteiger partial charge in [-0.3, -0.25) is 0 Å². The summed E-state index contributed by atoms with van der Waals surface area (Å²) in [7, 11) is 0. The van der Waals surface area contributed by atoms with Crippen LogP contribution in [0, 0.1) is 5.92 Å². The Bertz CT molecular complexity index is 971. The second-order valence-electron chi connectivity index (χ2n) is 8.11. The molecule has 2 unspecified atom stereocenters. The van der Waals surface area contributed by atoms with Crippen LogP contribution in [0.4, 0.5) is 0 Å². The molecule has 0 aliphatic carbocycles. The van der Waals surface area contributed by atoms with Gasteiger partial charge in [-0.2, -0.15) is 0 Å². The van der Waals surface area contributed by atoms with Crippen molar-refractivity contribution in [2.75, 3.05) is 5.75 Å². The molecule has 2 atom stereocenters. The van der Waals surface area contributed by atoms with Gasteiger partial charge in [0.2, 0.25) is 0 Å². The standard InChI is InChI=1S/C20H21NO4S/c1-19(2)11-9-26-16-13(10-7-5-6-8-12(10)21-16)14(11)15-17(22)23-20(3,4)25-18(15)24-19/h5-8,11,14,21H,9H2,1-4H3. The zero-order chi connectivity index (χ0) is 18.3. The van der Waals surface area contributed by atoms with Crippen LogP contribution in [0.2, 0.25) is 0 Å². The summed E-state index contributed by atoms with van der Waals surface area (Å²) in [4.78, 5) is 16.4. The average Bonchev–Trinajstić information content (AvgIpc) is 2.91. The first-order valence-electron chi connectivity index (χ1n) is 8.86. The van der Waals surface area contributed by atoms with Gasteiger partial charge in [-0.05, 0) is 19.9 Å². The first kappa shape index (κ1) is 16.1. The summed E-state index contributed by atoms with van der Waals surface area (Å²) in [6.07, 6.45) is 0. The highest BCUT2D eigenvalue weighted by Crippen LogP contribution is 2.56. The van der Waals surface area contributed by atoms with Gasteiger partial charge in [0.15, 0.2) is 0 Å². The number of esters is 1. The van der Waals surface area contributed by atoms with Crippen LogP contribution in [0.15, 0.2) is 40.8 Å². The molecule has 0 amide bonds. The maximum Gasteiger partial charge on any atom is 0.345 e. The Morgan fingerprint density at radius 3 is 2.69 bits per heavy atom. The van der Waals surface area contributed by atoms with Gasteiger partial charge in [0.05, 0.1) is 5.03 Å². The number of hydrogen-bond acceptors (Lipinski definition) is 5. The van der Waals surface area contributed by atoms with E-state index in [-0.39, 0.29) is 17.8 Å². The quantitative estimate of drug-likeness (QED) is 0.700. The Labute approximate surface area is 156 Å². The van der Waals surface area contributed by atoms with Gasteiger partial charge >= 0.3 is 5.97 Å². The number of fused-ring (bicyclic) bond motifs is 6. The van der Waals surface area contributed by atoms with Crippen molar-refractivity contribution in [3.8, 4) is 0 Å². The smallest absolute Gasteiger partial charge is 0.345 e. The van der Waals surface area contributed by atoms with E-state index in [1.807, 2.05) is 12.1 Å². The number of benzene rings is 1. The van der Waals surface area contributed by atoms with E-state index >= 15 is 0 Å². The molecule has 0 bridgehead atoms. The lowest BCUT2D eigenvalue weighted by Crippen LogP contribution is -2.51. The van der Waals surface area contributed by atoms with Crippen molar-refractivity contribution in [2.45, 2.75) is 50.0 Å². The van der Waals surface area contributed by atoms with Gasteiger partial charge in [-0.25, -0.2) is 4.79 Å². The summed E-state index contributed by atoms with van der Waals surface area (Å²) < 4.78 is 17.7. The summed E-state index contributed by atoms with van der Waals surface area (Å²) in [6.45, 7) is 7.60. The molecule has 1 N–H and O–H groups in total. The fourth-order valence-electron chi connectivity index (χ4n) is 4.28. The lowest BCUT2D eigenvalue weighted by atomic mass is 9.71. The minimum absolute atomic E-state index is 0.107. The molecule has 0 saturated heterocycles. The van der Waals surface area contributed by atoms with Crippen molar-refractivity contribution < 1.29 is 19.0 Å². The van der Waals surface area contributed by atoms with E-state index in [0.29, 0.717) is 11.5 Å². The second kappa shape index (κ2) is 5.00. The number of H-pyrrole nitrogens is 1. The van der Waals surface area contributed by atoms with Gasteiger partial charge in [0.25, 0.3) is 11.7 Å². The van der Waals surface area contributed by atoms with Gasteiger partial charge in [0, 0.05) is 47.9 Å². The highest BCUT2D eigenvalue weighted by molar-refractivity contribution is 7.99. The first-order chi connectivity index (χ1) is 12.3. The highest BCUT2D eigenvalue weighted by atomic mass is 32.2. The first-order valence-corrected chi connectivity index (χ1v) is 9.84. The average molecular weight is 371 g/mol. The van der Waals surface area contributed by atoms with Crippen LogP contribution < -0.4 is 0 Å². The van der Waals surface area contributed by atoms with Crippen LogP contribution in [0.5, 0.6) is 0 Å². The third-order valence-corrected chi connectivity index (χ3v) is 6.64. The predicted octanol–water partition coefficient (Wildman–Crippen LogP) is 4.30. The molecule has 2 aromatic rings. The van der Waals surface area contributed by atoms with Crippen LogP contribution in [-0.4, -0.2) is 28.1 Å². The van der Waals surface area contributed by atoms with Gasteiger partial charge in [-0.15, -0.1) is 11.8 Å². The Morgan fingerprint density at radius 1 is 1.12 bits per heavy atom. The summed E-state index contributed by atoms with van der Waals surface area (Å²) in [6, 6.07) is 8.23. The Morgan fingerprint density at radius 2 is 1.88 bits per heavy atom. The molecule has 0 saturated carbocycles. The number of carbonyl (C=O) groups is 1. The fourth-order valence-corrected chi connectivity index (χ4v) is 5.80. The van der Waals surface area contributed by atoms with E-state index in [4.69, 9.17) is 14.2 Å². The maximum atomic E-state index is 12.9. The molecule has 0 radical (unpaired) electrons.